The van der Waals surface area contributed by atoms with Crippen LogP contribution in [0.3, 0.4) is 0 Å². The fourth-order valence-electron chi connectivity index (χ4n) is 3.63. The first-order valence-electron chi connectivity index (χ1n) is 10.1. The van der Waals surface area contributed by atoms with Crippen molar-refractivity contribution in [1.82, 2.24) is 9.78 Å². The number of methoxy groups -OCH3 is 1. The molecule has 4 N–H and O–H groups in total. The van der Waals surface area contributed by atoms with Crippen LogP contribution in [0.1, 0.15) is 36.7 Å². The summed E-state index contributed by atoms with van der Waals surface area (Å²) in [5.74, 6) is -0.215. The summed E-state index contributed by atoms with van der Waals surface area (Å²) in [6.07, 6.45) is -6.80. The summed E-state index contributed by atoms with van der Waals surface area (Å²) in [6, 6.07) is 4.62. The number of nitrogens with zero attached hydrogens (tertiary/aromatic N) is 2. The summed E-state index contributed by atoms with van der Waals surface area (Å²) < 4.78 is 32.1. The molecule has 1 aromatic carbocycles. The van der Waals surface area contributed by atoms with Crippen molar-refractivity contribution in [2.45, 2.75) is 63.9 Å². The lowest BCUT2D eigenvalue weighted by atomic mass is 9.99. The third kappa shape index (κ3) is 4.68. The van der Waals surface area contributed by atoms with E-state index in [2.05, 4.69) is 5.10 Å². The number of halogens is 1. The van der Waals surface area contributed by atoms with Gasteiger partial charge in [-0.25, -0.2) is 4.39 Å². The summed E-state index contributed by atoms with van der Waals surface area (Å²) in [5, 5.41) is 44.1. The molecule has 10 heteroatoms. The normalized spacial score (nSPS) is 26.3. The largest absolute Gasteiger partial charge is 0.494 e. The zero-order valence-corrected chi connectivity index (χ0v) is 17.9. The van der Waals surface area contributed by atoms with Crippen LogP contribution >= 0.6 is 0 Å². The maximum atomic E-state index is 14.2. The second kappa shape index (κ2) is 9.49. The number of ether oxygens (including phenoxy) is 3. The van der Waals surface area contributed by atoms with Crippen molar-refractivity contribution in [3.8, 4) is 11.6 Å². The number of benzene rings is 1. The fraction of sp³-hybridized carbons (Fsp3) is 0.571. The first-order chi connectivity index (χ1) is 14.7. The lowest BCUT2D eigenvalue weighted by Crippen LogP contribution is -2.60. The van der Waals surface area contributed by atoms with Crippen LogP contribution in [-0.4, -0.2) is 74.6 Å². The quantitative estimate of drug-likeness (QED) is 0.496. The summed E-state index contributed by atoms with van der Waals surface area (Å²) in [7, 11) is 1.39. The molecule has 1 aromatic heterocycles. The monoisotopic (exact) mass is 440 g/mol. The minimum absolute atomic E-state index is 0.00139. The van der Waals surface area contributed by atoms with Gasteiger partial charge in [-0.1, -0.05) is 6.07 Å². The number of aromatic nitrogens is 2. The van der Waals surface area contributed by atoms with Gasteiger partial charge in [0, 0.05) is 23.7 Å². The molecule has 0 saturated carbocycles. The van der Waals surface area contributed by atoms with E-state index in [1.807, 2.05) is 20.8 Å². The van der Waals surface area contributed by atoms with Crippen LogP contribution < -0.4 is 9.47 Å². The average molecular weight is 440 g/mol. The van der Waals surface area contributed by atoms with Gasteiger partial charge in [0.15, 0.2) is 11.6 Å². The number of hydrogen-bond donors (Lipinski definition) is 4. The Kier molecular flexibility index (Phi) is 7.17. The van der Waals surface area contributed by atoms with Gasteiger partial charge in [0.25, 0.3) is 0 Å². The summed E-state index contributed by atoms with van der Waals surface area (Å²) in [5.41, 5.74) is 2.09. The third-order valence-electron chi connectivity index (χ3n) is 5.40. The summed E-state index contributed by atoms with van der Waals surface area (Å²) >= 11 is 0. The minimum Gasteiger partial charge on any atom is -0.494 e. The summed E-state index contributed by atoms with van der Waals surface area (Å²) in [6.45, 7) is 5.16. The van der Waals surface area contributed by atoms with Crippen molar-refractivity contribution in [3.63, 3.8) is 0 Å². The molecular formula is C21H29FN2O7. The van der Waals surface area contributed by atoms with Gasteiger partial charge in [-0.15, -0.1) is 5.10 Å². The molecule has 1 aliphatic rings. The lowest BCUT2D eigenvalue weighted by Gasteiger charge is -2.39. The van der Waals surface area contributed by atoms with Gasteiger partial charge in [-0.2, -0.15) is 0 Å². The minimum atomic E-state index is -1.57. The van der Waals surface area contributed by atoms with Crippen LogP contribution in [0.15, 0.2) is 18.2 Å². The first-order valence-corrected chi connectivity index (χ1v) is 10.1. The lowest BCUT2D eigenvalue weighted by molar-refractivity contribution is -0.278. The van der Waals surface area contributed by atoms with E-state index in [9.17, 15) is 24.8 Å². The second-order valence-electron chi connectivity index (χ2n) is 7.87. The van der Waals surface area contributed by atoms with E-state index in [0.717, 1.165) is 5.69 Å². The molecule has 3 rings (SSSR count). The van der Waals surface area contributed by atoms with E-state index < -0.39 is 43.1 Å². The number of aliphatic hydroxyl groups is 4. The highest BCUT2D eigenvalue weighted by Crippen LogP contribution is 2.31. The van der Waals surface area contributed by atoms with Crippen LogP contribution in [0.25, 0.3) is 0 Å². The summed E-state index contributed by atoms with van der Waals surface area (Å²) in [4.78, 5) is 0. The Balaban J connectivity index is 1.93. The molecule has 0 spiro atoms. The third-order valence-corrected chi connectivity index (χ3v) is 5.40. The van der Waals surface area contributed by atoms with Crippen molar-refractivity contribution in [2.75, 3.05) is 13.7 Å². The molecule has 1 aliphatic heterocycles. The highest BCUT2D eigenvalue weighted by molar-refractivity contribution is 5.39. The topological polar surface area (TPSA) is 126 Å². The molecule has 0 bridgehead atoms. The molecule has 9 nitrogen and oxygen atoms in total. The van der Waals surface area contributed by atoms with Crippen molar-refractivity contribution in [1.29, 1.82) is 0 Å². The Morgan fingerprint density at radius 2 is 1.90 bits per heavy atom. The SMILES string of the molecule is COc1ccc(Cc2c(OC3O[C@H](CO)[C@@H](O)[C@H](O)[C@H]3O)nn(C(C)C)c2C)cc1F. The zero-order chi connectivity index (χ0) is 22.9. The van der Waals surface area contributed by atoms with Gasteiger partial charge in [-0.3, -0.25) is 4.68 Å². The highest BCUT2D eigenvalue weighted by Gasteiger charge is 2.45. The fourth-order valence-corrected chi connectivity index (χ4v) is 3.63. The van der Waals surface area contributed by atoms with Crippen LogP contribution in [0.2, 0.25) is 0 Å². The maximum absolute atomic E-state index is 14.2. The second-order valence-corrected chi connectivity index (χ2v) is 7.87. The Hall–Kier alpha value is -2.24. The van der Waals surface area contributed by atoms with Crippen molar-refractivity contribution in [2.24, 2.45) is 0 Å². The standard InChI is InChI=1S/C21H29FN2O7/c1-10(2)24-11(3)13(7-12-5-6-15(29-4)14(22)8-12)20(23-24)31-21-19(28)18(27)17(26)16(9-25)30-21/h5-6,8,10,16-19,21,25-28H,7,9H2,1-4H3/t16-,17-,18+,19-,21?/m1/s1. The Morgan fingerprint density at radius 3 is 2.48 bits per heavy atom. The number of hydrogen-bond acceptors (Lipinski definition) is 8. The van der Waals surface area contributed by atoms with E-state index in [4.69, 9.17) is 14.2 Å². The average Bonchev–Trinajstić information content (AvgIpc) is 3.04. The van der Waals surface area contributed by atoms with Gasteiger partial charge < -0.3 is 34.6 Å². The van der Waals surface area contributed by atoms with Crippen molar-refractivity contribution >= 4 is 0 Å². The number of rotatable bonds is 7. The van der Waals surface area contributed by atoms with Crippen LogP contribution in [0.5, 0.6) is 11.6 Å². The predicted octanol–water partition coefficient (Wildman–Crippen LogP) is 0.690. The smallest absolute Gasteiger partial charge is 0.239 e. The van der Waals surface area contributed by atoms with Gasteiger partial charge >= 0.3 is 0 Å². The molecule has 5 atom stereocenters. The van der Waals surface area contributed by atoms with Gasteiger partial charge in [0.2, 0.25) is 12.2 Å². The molecule has 2 heterocycles. The molecule has 172 valence electrons. The molecule has 0 radical (unpaired) electrons. The molecule has 2 aromatic rings. The van der Waals surface area contributed by atoms with Crippen molar-refractivity contribution in [3.05, 3.63) is 40.8 Å². The van der Waals surface area contributed by atoms with Gasteiger partial charge in [-0.05, 0) is 38.5 Å². The number of aliphatic hydroxyl groups excluding tert-OH is 4. The van der Waals surface area contributed by atoms with Crippen LogP contribution in [-0.2, 0) is 11.2 Å². The van der Waals surface area contributed by atoms with Crippen LogP contribution in [0.4, 0.5) is 4.39 Å². The Labute approximate surface area is 179 Å². The predicted molar refractivity (Wildman–Crippen MR) is 108 cm³/mol. The Bertz CT molecular complexity index is 902. The maximum Gasteiger partial charge on any atom is 0.239 e. The van der Waals surface area contributed by atoms with E-state index >= 15 is 0 Å². The van der Waals surface area contributed by atoms with E-state index in [1.165, 1.54) is 19.2 Å². The van der Waals surface area contributed by atoms with Gasteiger partial charge in [0.05, 0.1) is 13.7 Å². The molecule has 1 saturated heterocycles. The van der Waals surface area contributed by atoms with Gasteiger partial charge in [0.1, 0.15) is 24.4 Å². The molecular weight excluding hydrogens is 411 g/mol. The molecule has 0 aliphatic carbocycles. The highest BCUT2D eigenvalue weighted by atomic mass is 19.1. The van der Waals surface area contributed by atoms with Crippen LogP contribution in [0, 0.1) is 12.7 Å². The first kappa shape index (κ1) is 23.4. The molecule has 31 heavy (non-hydrogen) atoms. The zero-order valence-electron chi connectivity index (χ0n) is 17.9. The molecule has 0 amide bonds. The molecule has 1 fully saturated rings. The Morgan fingerprint density at radius 1 is 1.19 bits per heavy atom. The molecule has 1 unspecified atom stereocenters. The van der Waals surface area contributed by atoms with E-state index in [1.54, 1.807) is 10.7 Å². The van der Waals surface area contributed by atoms with E-state index in [-0.39, 0.29) is 24.1 Å². The van der Waals surface area contributed by atoms with E-state index in [0.29, 0.717) is 11.1 Å². The van der Waals surface area contributed by atoms with Crippen molar-refractivity contribution < 1.29 is 39.0 Å².